The highest BCUT2D eigenvalue weighted by molar-refractivity contribution is 6.13. The maximum atomic E-state index is 6.83. The third-order valence-corrected chi connectivity index (χ3v) is 11.5. The molecule has 0 saturated carbocycles. The minimum absolute atomic E-state index is 0.823. The summed E-state index contributed by atoms with van der Waals surface area (Å²) in [5.74, 6) is 0.830. The molecule has 8 aromatic carbocycles. The van der Waals surface area contributed by atoms with Crippen molar-refractivity contribution in [3.63, 3.8) is 0 Å². The van der Waals surface area contributed by atoms with E-state index in [2.05, 4.69) is 188 Å². The monoisotopic (exact) mass is 703 g/mol. The van der Waals surface area contributed by atoms with Crippen LogP contribution in [0.25, 0.3) is 110 Å². The van der Waals surface area contributed by atoms with E-state index in [4.69, 9.17) is 9.40 Å². The highest BCUT2D eigenvalue weighted by Crippen LogP contribution is 2.41. The molecule has 5 heterocycles. The lowest BCUT2D eigenvalue weighted by Crippen LogP contribution is -2.00. The van der Waals surface area contributed by atoms with Crippen molar-refractivity contribution in [3.05, 3.63) is 176 Å². The van der Waals surface area contributed by atoms with Crippen molar-refractivity contribution in [3.8, 4) is 17.1 Å². The van der Waals surface area contributed by atoms with E-state index < -0.39 is 0 Å². The molecule has 0 N–H and O–H groups in total. The van der Waals surface area contributed by atoms with Crippen molar-refractivity contribution in [2.75, 3.05) is 0 Å². The topological polar surface area (TPSA) is 45.2 Å². The van der Waals surface area contributed by atoms with Gasteiger partial charge in [0.15, 0.2) is 5.58 Å². The maximum absolute atomic E-state index is 6.83. The van der Waals surface area contributed by atoms with E-state index in [1.807, 2.05) is 6.07 Å². The lowest BCUT2D eigenvalue weighted by atomic mass is 10.1. The summed E-state index contributed by atoms with van der Waals surface area (Å²) in [4.78, 5) is 5.34. The van der Waals surface area contributed by atoms with E-state index >= 15 is 0 Å². The van der Waals surface area contributed by atoms with Gasteiger partial charge < -0.3 is 13.6 Å². The van der Waals surface area contributed by atoms with Crippen molar-refractivity contribution in [2.45, 2.75) is 0 Å². The summed E-state index contributed by atoms with van der Waals surface area (Å²) in [7, 11) is 0. The van der Waals surface area contributed by atoms with Gasteiger partial charge in [-0.3, -0.25) is 8.97 Å². The van der Waals surface area contributed by atoms with Gasteiger partial charge in [0.25, 0.3) is 0 Å². The molecule has 0 amide bonds. The average Bonchev–Trinajstić information content (AvgIpc) is 4.04. The lowest BCUT2D eigenvalue weighted by molar-refractivity contribution is 0.666. The lowest BCUT2D eigenvalue weighted by Gasteiger charge is -2.13. The van der Waals surface area contributed by atoms with Gasteiger partial charge in [0.05, 0.1) is 49.8 Å². The number of nitrogens with zero attached hydrogens (tertiary/aromatic N) is 5. The molecule has 0 aliphatic rings. The van der Waals surface area contributed by atoms with Gasteiger partial charge >= 0.3 is 0 Å². The zero-order chi connectivity index (χ0) is 35.8. The molecule has 6 nitrogen and oxygen atoms in total. The number of hydrogen-bond donors (Lipinski definition) is 0. The fourth-order valence-corrected chi connectivity index (χ4v) is 9.26. The summed E-state index contributed by atoms with van der Waals surface area (Å²) in [5.41, 5.74) is 13.5. The Balaban J connectivity index is 1.18. The van der Waals surface area contributed by atoms with E-state index in [0.29, 0.717) is 0 Å². The Morgan fingerprint density at radius 3 is 1.53 bits per heavy atom. The molecule has 0 spiro atoms. The Kier molecular flexibility index (Phi) is 5.54. The number of rotatable bonds is 3. The number of para-hydroxylation sites is 7. The summed E-state index contributed by atoms with van der Waals surface area (Å²) in [5, 5.41) is 7.07. The van der Waals surface area contributed by atoms with E-state index in [9.17, 15) is 0 Å². The number of aromatic nitrogens is 5. The van der Waals surface area contributed by atoms with Gasteiger partial charge in [0.1, 0.15) is 5.58 Å². The summed E-state index contributed by atoms with van der Waals surface area (Å²) >= 11 is 0. The summed E-state index contributed by atoms with van der Waals surface area (Å²) in [6, 6.07) is 62.8. The minimum atomic E-state index is 0.823. The Bertz CT molecular complexity index is 3630. The summed E-state index contributed by atoms with van der Waals surface area (Å²) in [6.07, 6.45) is 0. The molecule has 0 unspecified atom stereocenters. The minimum Gasteiger partial charge on any atom is -0.454 e. The zero-order valence-electron chi connectivity index (χ0n) is 29.4. The van der Waals surface area contributed by atoms with Gasteiger partial charge in [-0.1, -0.05) is 103 Å². The third kappa shape index (κ3) is 3.79. The largest absolute Gasteiger partial charge is 0.454 e. The van der Waals surface area contributed by atoms with Crippen molar-refractivity contribution < 1.29 is 4.42 Å². The maximum Gasteiger partial charge on any atom is 0.220 e. The highest BCUT2D eigenvalue weighted by Gasteiger charge is 2.24. The summed E-state index contributed by atoms with van der Waals surface area (Å²) in [6.45, 7) is 0. The number of hydrogen-bond acceptors (Lipinski definition) is 2. The van der Waals surface area contributed by atoms with Gasteiger partial charge in [-0.2, -0.15) is 0 Å². The first kappa shape index (κ1) is 28.9. The van der Waals surface area contributed by atoms with Crippen molar-refractivity contribution >= 4 is 93.4 Å². The van der Waals surface area contributed by atoms with Crippen molar-refractivity contribution in [2.24, 2.45) is 0 Å². The molecule has 0 aliphatic carbocycles. The molecule has 0 radical (unpaired) electrons. The number of benzene rings is 8. The van der Waals surface area contributed by atoms with E-state index in [1.165, 1.54) is 32.6 Å². The molecule has 0 fully saturated rings. The molecule has 6 heteroatoms. The van der Waals surface area contributed by atoms with Crippen molar-refractivity contribution in [1.82, 2.24) is 23.1 Å². The first-order chi connectivity index (χ1) is 27.3. The van der Waals surface area contributed by atoms with Gasteiger partial charge in [-0.15, -0.1) is 0 Å². The quantitative estimate of drug-likeness (QED) is 0.184. The second kappa shape index (κ2) is 10.5. The van der Waals surface area contributed by atoms with E-state index in [1.54, 1.807) is 0 Å². The molecule has 0 aliphatic heterocycles. The summed E-state index contributed by atoms with van der Waals surface area (Å²) < 4.78 is 16.2. The van der Waals surface area contributed by atoms with Crippen molar-refractivity contribution in [1.29, 1.82) is 0 Å². The van der Waals surface area contributed by atoms with Crippen LogP contribution in [0.5, 0.6) is 0 Å². The molecule has 0 bridgehead atoms. The van der Waals surface area contributed by atoms with Crippen LogP contribution >= 0.6 is 0 Å². The average molecular weight is 704 g/mol. The van der Waals surface area contributed by atoms with Crippen LogP contribution < -0.4 is 0 Å². The molecule has 0 atom stereocenters. The number of furan rings is 1. The Morgan fingerprint density at radius 1 is 0.364 bits per heavy atom. The molecule has 0 saturated heterocycles. The van der Waals surface area contributed by atoms with Crippen LogP contribution in [0.15, 0.2) is 180 Å². The molecular formula is C49H29N5O. The van der Waals surface area contributed by atoms with Gasteiger partial charge in [-0.25, -0.2) is 4.98 Å². The zero-order valence-corrected chi connectivity index (χ0v) is 29.4. The van der Waals surface area contributed by atoms with Crippen LogP contribution in [0.4, 0.5) is 0 Å². The second-order valence-electron chi connectivity index (χ2n) is 14.4. The van der Waals surface area contributed by atoms with Gasteiger partial charge in [0, 0.05) is 43.7 Å². The van der Waals surface area contributed by atoms with Crippen LogP contribution in [0, 0.1) is 0 Å². The van der Waals surface area contributed by atoms with Gasteiger partial charge in [0.2, 0.25) is 5.78 Å². The Labute approximate surface area is 312 Å². The fraction of sp³-hybridized carbons (Fsp3) is 0. The normalized spacial score (nSPS) is 12.4. The smallest absolute Gasteiger partial charge is 0.220 e. The molecule has 5 aromatic heterocycles. The molecular weight excluding hydrogens is 675 g/mol. The SMILES string of the molecule is c1ccc2c(c1)nc1n(-c3cc(-n4c5ccccc5c5ccccc54)cc4c3oc3ccccc34)c3ccc(-n4c5ccccc5c5ccccc54)cc3n21. The van der Waals surface area contributed by atoms with Crippen LogP contribution in [0.1, 0.15) is 0 Å². The van der Waals surface area contributed by atoms with Crippen LogP contribution in [0.2, 0.25) is 0 Å². The predicted molar refractivity (Wildman–Crippen MR) is 225 cm³/mol. The number of fused-ring (bicyclic) bond motifs is 14. The molecule has 55 heavy (non-hydrogen) atoms. The van der Waals surface area contributed by atoms with Crippen LogP contribution in [0.3, 0.4) is 0 Å². The van der Waals surface area contributed by atoms with Crippen LogP contribution in [-0.4, -0.2) is 23.1 Å². The van der Waals surface area contributed by atoms with Gasteiger partial charge in [-0.05, 0) is 72.8 Å². The molecule has 256 valence electrons. The first-order valence-corrected chi connectivity index (χ1v) is 18.6. The molecule has 13 aromatic rings. The number of imidazole rings is 2. The standard InChI is InChI=1S/C49H29N5O/c1-7-19-39-32(13-1)33-14-2-8-20-40(33)51(39)30-25-26-44-45(28-30)53-43-23-11-6-18-38(43)50-49(53)54(44)46-29-31(27-37-36-17-5-12-24-47(36)55-48(37)46)52-41-21-9-3-15-34(41)35-16-4-10-22-42(35)52/h1-29H. The predicted octanol–water partition coefficient (Wildman–Crippen LogP) is 12.5. The first-order valence-electron chi connectivity index (χ1n) is 18.6. The molecule has 13 rings (SSSR count). The Morgan fingerprint density at radius 2 is 0.891 bits per heavy atom. The Hall–Kier alpha value is -7.57. The third-order valence-electron chi connectivity index (χ3n) is 11.5. The highest BCUT2D eigenvalue weighted by atomic mass is 16.3. The fourth-order valence-electron chi connectivity index (χ4n) is 9.26. The second-order valence-corrected chi connectivity index (χ2v) is 14.4. The van der Waals surface area contributed by atoms with E-state index in [0.717, 1.165) is 77.9 Å². The van der Waals surface area contributed by atoms with Crippen LogP contribution in [-0.2, 0) is 0 Å². The van der Waals surface area contributed by atoms with E-state index in [-0.39, 0.29) is 0 Å².